The first kappa shape index (κ1) is 14.7. The average Bonchev–Trinajstić information content (AvgIpc) is 2.97. The number of carbonyl (C=O) groups excluding carboxylic acids is 1. The molecular formula is C12H14N2O4S2. The Bertz CT molecular complexity index is 715. The van der Waals surface area contributed by atoms with Gasteiger partial charge in [0.15, 0.2) is 0 Å². The summed E-state index contributed by atoms with van der Waals surface area (Å²) in [5.74, 6) is -0.316. The summed E-state index contributed by atoms with van der Waals surface area (Å²) in [6.45, 7) is 3.66. The lowest BCUT2D eigenvalue weighted by molar-refractivity contribution is -0.119. The van der Waals surface area contributed by atoms with Crippen LogP contribution in [0.4, 0.5) is 0 Å². The van der Waals surface area contributed by atoms with E-state index in [1.165, 1.54) is 6.07 Å². The molecule has 8 heteroatoms. The number of hydrogen-bond acceptors (Lipinski definition) is 6. The number of nitrogens with zero attached hydrogens (tertiary/aromatic N) is 1. The molecule has 0 saturated heterocycles. The molecule has 20 heavy (non-hydrogen) atoms. The molecule has 6 nitrogen and oxygen atoms in total. The Labute approximate surface area is 120 Å². The number of amides is 1. The molecule has 2 heterocycles. The normalized spacial score (nSPS) is 11.5. The van der Waals surface area contributed by atoms with Gasteiger partial charge >= 0.3 is 0 Å². The third kappa shape index (κ3) is 3.45. The molecule has 0 aromatic carbocycles. The van der Waals surface area contributed by atoms with Crippen LogP contribution in [0.3, 0.4) is 0 Å². The van der Waals surface area contributed by atoms with Gasteiger partial charge in [0.25, 0.3) is 10.0 Å². The lowest BCUT2D eigenvalue weighted by Gasteiger charge is -2.03. The van der Waals surface area contributed by atoms with Crippen molar-refractivity contribution in [3.8, 4) is 0 Å². The molecule has 0 unspecified atom stereocenters. The van der Waals surface area contributed by atoms with Gasteiger partial charge in [-0.25, -0.2) is 13.1 Å². The maximum Gasteiger partial charge on any atom is 0.273 e. The number of rotatable bonds is 5. The van der Waals surface area contributed by atoms with Crippen LogP contribution in [0.1, 0.15) is 23.3 Å². The molecule has 0 saturated carbocycles. The summed E-state index contributed by atoms with van der Waals surface area (Å²) in [7, 11) is -3.81. The van der Waals surface area contributed by atoms with Gasteiger partial charge in [-0.15, -0.1) is 11.3 Å². The van der Waals surface area contributed by atoms with Gasteiger partial charge in [0.05, 0.1) is 12.1 Å². The van der Waals surface area contributed by atoms with Gasteiger partial charge in [0, 0.05) is 10.9 Å². The minimum Gasteiger partial charge on any atom is -0.361 e. The predicted molar refractivity (Wildman–Crippen MR) is 74.0 cm³/mol. The highest BCUT2D eigenvalue weighted by molar-refractivity contribution is 7.92. The van der Waals surface area contributed by atoms with Crippen LogP contribution in [0.25, 0.3) is 0 Å². The highest BCUT2D eigenvalue weighted by atomic mass is 32.2. The van der Waals surface area contributed by atoms with Gasteiger partial charge in [0.2, 0.25) is 5.91 Å². The summed E-state index contributed by atoms with van der Waals surface area (Å²) in [6.07, 6.45) is 0.595. The minimum absolute atomic E-state index is 0.136. The van der Waals surface area contributed by atoms with Crippen LogP contribution < -0.4 is 4.72 Å². The molecule has 0 bridgehead atoms. The zero-order valence-electron chi connectivity index (χ0n) is 11.0. The highest BCUT2D eigenvalue weighted by Crippen LogP contribution is 2.21. The van der Waals surface area contributed by atoms with Crippen molar-refractivity contribution < 1.29 is 17.7 Å². The number of sulfonamides is 1. The van der Waals surface area contributed by atoms with Crippen molar-refractivity contribution in [1.29, 1.82) is 0 Å². The SMILES string of the molecule is CCc1ccc(S(=O)(=O)NC(=O)Cc2cc(C)no2)s1. The van der Waals surface area contributed by atoms with E-state index in [0.717, 1.165) is 22.6 Å². The molecule has 2 aromatic rings. The highest BCUT2D eigenvalue weighted by Gasteiger charge is 2.20. The van der Waals surface area contributed by atoms with E-state index in [-0.39, 0.29) is 10.6 Å². The van der Waals surface area contributed by atoms with Gasteiger partial charge in [0.1, 0.15) is 9.97 Å². The molecule has 0 aliphatic carbocycles. The summed E-state index contributed by atoms with van der Waals surface area (Å²) < 4.78 is 31.0. The predicted octanol–water partition coefficient (Wildman–Crippen LogP) is 1.65. The summed E-state index contributed by atoms with van der Waals surface area (Å²) in [6, 6.07) is 4.83. The van der Waals surface area contributed by atoms with Crippen molar-refractivity contribution in [3.63, 3.8) is 0 Å². The van der Waals surface area contributed by atoms with Gasteiger partial charge in [-0.05, 0) is 25.5 Å². The Kier molecular flexibility index (Phi) is 4.24. The van der Waals surface area contributed by atoms with E-state index < -0.39 is 15.9 Å². The van der Waals surface area contributed by atoms with Gasteiger partial charge in [-0.1, -0.05) is 12.1 Å². The lowest BCUT2D eigenvalue weighted by atomic mass is 10.3. The van der Waals surface area contributed by atoms with E-state index in [4.69, 9.17) is 4.52 Å². The Balaban J connectivity index is 2.06. The second-order valence-corrected chi connectivity index (χ2v) is 7.29. The van der Waals surface area contributed by atoms with Crippen LogP contribution >= 0.6 is 11.3 Å². The molecule has 0 atom stereocenters. The molecule has 0 fully saturated rings. The van der Waals surface area contributed by atoms with Gasteiger partial charge in [-0.3, -0.25) is 4.79 Å². The first-order valence-corrected chi connectivity index (χ1v) is 8.27. The maximum absolute atomic E-state index is 12.0. The number of thiophene rings is 1. The van der Waals surface area contributed by atoms with Crippen molar-refractivity contribution >= 4 is 27.3 Å². The molecule has 0 spiro atoms. The van der Waals surface area contributed by atoms with Crippen molar-refractivity contribution in [1.82, 2.24) is 9.88 Å². The fourth-order valence-corrected chi connectivity index (χ4v) is 3.87. The standard InChI is InChI=1S/C12H14N2O4S2/c1-3-10-4-5-12(19-10)20(16,17)14-11(15)7-9-6-8(2)13-18-9/h4-6H,3,7H2,1-2H3,(H,14,15). The first-order chi connectivity index (χ1) is 9.40. The Morgan fingerprint density at radius 3 is 2.75 bits per heavy atom. The molecular weight excluding hydrogens is 300 g/mol. The van der Waals surface area contributed by atoms with Crippen molar-refractivity contribution in [2.75, 3.05) is 0 Å². The Hall–Kier alpha value is -1.67. The summed E-state index contributed by atoms with van der Waals surface area (Å²) >= 11 is 1.15. The second-order valence-electron chi connectivity index (χ2n) is 4.21. The fraction of sp³-hybridized carbons (Fsp3) is 0.333. The minimum atomic E-state index is -3.81. The number of carbonyl (C=O) groups is 1. The van der Waals surface area contributed by atoms with Crippen LogP contribution in [0, 0.1) is 6.92 Å². The monoisotopic (exact) mass is 314 g/mol. The van der Waals surface area contributed by atoms with Crippen LogP contribution in [-0.4, -0.2) is 19.5 Å². The van der Waals surface area contributed by atoms with E-state index in [0.29, 0.717) is 11.5 Å². The zero-order valence-corrected chi connectivity index (χ0v) is 12.7. The summed E-state index contributed by atoms with van der Waals surface area (Å²) in [5, 5.41) is 3.64. The third-order valence-electron chi connectivity index (χ3n) is 2.51. The molecule has 1 amide bonds. The second kappa shape index (κ2) is 5.76. The smallest absolute Gasteiger partial charge is 0.273 e. The number of aromatic nitrogens is 1. The van der Waals surface area contributed by atoms with Crippen molar-refractivity contribution in [2.24, 2.45) is 0 Å². The van der Waals surface area contributed by atoms with Crippen LogP contribution in [-0.2, 0) is 27.7 Å². The largest absolute Gasteiger partial charge is 0.361 e. The number of aryl methyl sites for hydroxylation is 2. The molecule has 1 N–H and O–H groups in total. The Morgan fingerprint density at radius 1 is 1.45 bits per heavy atom. The van der Waals surface area contributed by atoms with Gasteiger partial charge in [-0.2, -0.15) is 0 Å². The molecule has 0 aliphatic heterocycles. The van der Waals surface area contributed by atoms with E-state index >= 15 is 0 Å². The number of hydrogen-bond donors (Lipinski definition) is 1. The van der Waals surface area contributed by atoms with E-state index in [9.17, 15) is 13.2 Å². The zero-order chi connectivity index (χ0) is 14.8. The molecule has 108 valence electrons. The van der Waals surface area contributed by atoms with Crippen molar-refractivity contribution in [2.45, 2.75) is 30.9 Å². The van der Waals surface area contributed by atoms with Gasteiger partial charge < -0.3 is 4.52 Å². The van der Waals surface area contributed by atoms with E-state index in [2.05, 4.69) is 5.16 Å². The molecule has 0 radical (unpaired) electrons. The number of nitrogens with one attached hydrogen (secondary N) is 1. The molecule has 2 rings (SSSR count). The summed E-state index contributed by atoms with van der Waals surface area (Å²) in [4.78, 5) is 12.7. The summed E-state index contributed by atoms with van der Waals surface area (Å²) in [5.41, 5.74) is 0.640. The maximum atomic E-state index is 12.0. The fourth-order valence-electron chi connectivity index (χ4n) is 1.59. The molecule has 2 aromatic heterocycles. The topological polar surface area (TPSA) is 89.3 Å². The van der Waals surface area contributed by atoms with E-state index in [1.807, 2.05) is 11.6 Å². The first-order valence-electron chi connectivity index (χ1n) is 5.97. The molecule has 0 aliphatic rings. The van der Waals surface area contributed by atoms with Crippen LogP contribution in [0.15, 0.2) is 26.9 Å². The average molecular weight is 314 g/mol. The van der Waals surface area contributed by atoms with Crippen LogP contribution in [0.5, 0.6) is 0 Å². The van der Waals surface area contributed by atoms with E-state index in [1.54, 1.807) is 19.1 Å². The third-order valence-corrected chi connectivity index (χ3v) is 5.60. The Morgan fingerprint density at radius 2 is 2.20 bits per heavy atom. The quantitative estimate of drug-likeness (QED) is 0.906. The van der Waals surface area contributed by atoms with Crippen molar-refractivity contribution in [3.05, 3.63) is 34.5 Å². The van der Waals surface area contributed by atoms with Crippen LogP contribution in [0.2, 0.25) is 0 Å². The lowest BCUT2D eigenvalue weighted by Crippen LogP contribution is -2.31.